The van der Waals surface area contributed by atoms with Crippen LogP contribution in [0.4, 0.5) is 0 Å². The zero-order valence-corrected chi connectivity index (χ0v) is 7.36. The Balaban J connectivity index is 3.36. The Morgan fingerprint density at radius 1 is 1.55 bits per heavy atom. The molecule has 0 fully saturated rings. The van der Waals surface area contributed by atoms with Gasteiger partial charge in [0.15, 0.2) is 6.29 Å². The molecule has 0 aliphatic carbocycles. The predicted molar refractivity (Wildman–Crippen MR) is 44.4 cm³/mol. The van der Waals surface area contributed by atoms with E-state index in [9.17, 15) is 4.79 Å². The number of aldehydes is 1. The van der Waals surface area contributed by atoms with E-state index in [0.29, 0.717) is 17.1 Å². The van der Waals surface area contributed by atoms with Gasteiger partial charge >= 0.3 is 0 Å². The minimum Gasteiger partial charge on any atom is -0.298 e. The number of nitrogens with zero attached hydrogens (tertiary/aromatic N) is 2. The van der Waals surface area contributed by atoms with Gasteiger partial charge in [0.2, 0.25) is 0 Å². The van der Waals surface area contributed by atoms with E-state index in [-0.39, 0.29) is 10.7 Å². The summed E-state index contributed by atoms with van der Waals surface area (Å²) < 4.78 is 0. The minimum atomic E-state index is 0.150. The fourth-order valence-electron chi connectivity index (χ4n) is 0.634. The average molecular weight is 189 g/mol. The zero-order chi connectivity index (χ0) is 8.43. The van der Waals surface area contributed by atoms with Gasteiger partial charge in [-0.15, -0.1) is 12.6 Å². The van der Waals surface area contributed by atoms with Crippen LogP contribution in [0.15, 0.2) is 5.03 Å². The van der Waals surface area contributed by atoms with Crippen molar-refractivity contribution in [3.8, 4) is 0 Å². The van der Waals surface area contributed by atoms with E-state index in [1.807, 2.05) is 0 Å². The number of carbonyl (C=O) groups is 1. The van der Waals surface area contributed by atoms with Crippen molar-refractivity contribution in [3.05, 3.63) is 16.5 Å². The Bertz CT molecular complexity index is 280. The number of thiol groups is 1. The molecule has 0 unspecified atom stereocenters. The molecule has 0 bridgehead atoms. The first kappa shape index (κ1) is 8.49. The summed E-state index contributed by atoms with van der Waals surface area (Å²) in [5, 5.41) is 0.468. The van der Waals surface area contributed by atoms with Gasteiger partial charge in [0.25, 0.3) is 0 Å². The van der Waals surface area contributed by atoms with Gasteiger partial charge in [0, 0.05) is 0 Å². The van der Waals surface area contributed by atoms with E-state index >= 15 is 0 Å². The molecule has 0 aromatic carbocycles. The summed E-state index contributed by atoms with van der Waals surface area (Å²) in [4.78, 5) is 18.0. The summed E-state index contributed by atoms with van der Waals surface area (Å²) in [6.45, 7) is 1.68. The second-order valence-corrected chi connectivity index (χ2v) is 2.70. The Kier molecular flexibility index (Phi) is 2.46. The van der Waals surface area contributed by atoms with E-state index in [2.05, 4.69) is 22.6 Å². The van der Waals surface area contributed by atoms with Crippen molar-refractivity contribution in [2.24, 2.45) is 0 Å². The van der Waals surface area contributed by atoms with Crippen molar-refractivity contribution < 1.29 is 4.79 Å². The van der Waals surface area contributed by atoms with Crippen molar-refractivity contribution in [3.63, 3.8) is 0 Å². The van der Waals surface area contributed by atoms with Crippen LogP contribution in [0.5, 0.6) is 0 Å². The summed E-state index contributed by atoms with van der Waals surface area (Å²) in [5.41, 5.74) is 0.237. The van der Waals surface area contributed by atoms with E-state index < -0.39 is 0 Å². The van der Waals surface area contributed by atoms with Crippen LogP contribution in [0.1, 0.15) is 16.2 Å². The lowest BCUT2D eigenvalue weighted by Gasteiger charge is -1.99. The molecule has 0 aliphatic heterocycles. The van der Waals surface area contributed by atoms with Crippen molar-refractivity contribution in [2.45, 2.75) is 11.9 Å². The molecule has 0 saturated carbocycles. The van der Waals surface area contributed by atoms with Crippen LogP contribution < -0.4 is 0 Å². The average Bonchev–Trinajstić information content (AvgIpc) is 1.85. The van der Waals surface area contributed by atoms with Crippen LogP contribution in [-0.4, -0.2) is 16.3 Å². The Morgan fingerprint density at radius 2 is 2.18 bits per heavy atom. The topological polar surface area (TPSA) is 42.9 Å². The molecular formula is C6H5ClN2OS. The number of aromatic nitrogens is 2. The number of carbonyl (C=O) groups excluding carboxylic acids is 1. The maximum atomic E-state index is 10.3. The van der Waals surface area contributed by atoms with E-state index in [4.69, 9.17) is 11.6 Å². The molecule has 0 atom stereocenters. The number of hydrogen-bond donors (Lipinski definition) is 1. The SMILES string of the molecule is Cc1nc(S)c(C=O)c(Cl)n1. The summed E-state index contributed by atoms with van der Waals surface area (Å²) in [5.74, 6) is 0.505. The molecule has 0 N–H and O–H groups in total. The van der Waals surface area contributed by atoms with Crippen LogP contribution in [-0.2, 0) is 0 Å². The van der Waals surface area contributed by atoms with Gasteiger partial charge < -0.3 is 0 Å². The molecule has 1 aromatic heterocycles. The number of halogens is 1. The highest BCUT2D eigenvalue weighted by Gasteiger charge is 2.06. The molecule has 1 heterocycles. The smallest absolute Gasteiger partial charge is 0.155 e. The Hall–Kier alpha value is -0.610. The molecule has 58 valence electrons. The number of hydrogen-bond acceptors (Lipinski definition) is 4. The third-order valence-corrected chi connectivity index (χ3v) is 1.74. The standard InChI is InChI=1S/C6H5ClN2OS/c1-3-8-5(7)4(2-10)6(11)9-3/h2H,1H3,(H,8,9,11). The fraction of sp³-hybridized carbons (Fsp3) is 0.167. The number of aryl methyl sites for hydroxylation is 1. The maximum absolute atomic E-state index is 10.3. The van der Waals surface area contributed by atoms with Crippen molar-refractivity contribution in [2.75, 3.05) is 0 Å². The van der Waals surface area contributed by atoms with Crippen LogP contribution >= 0.6 is 24.2 Å². The molecule has 1 rings (SSSR count). The van der Waals surface area contributed by atoms with Crippen LogP contribution in [0, 0.1) is 6.92 Å². The quantitative estimate of drug-likeness (QED) is 0.413. The van der Waals surface area contributed by atoms with Gasteiger partial charge in [-0.1, -0.05) is 11.6 Å². The first-order valence-electron chi connectivity index (χ1n) is 2.83. The summed E-state index contributed by atoms with van der Waals surface area (Å²) in [7, 11) is 0. The molecule has 0 aliphatic rings. The summed E-state index contributed by atoms with van der Waals surface area (Å²) in [6.07, 6.45) is 0.587. The van der Waals surface area contributed by atoms with E-state index in [0.717, 1.165) is 0 Å². The maximum Gasteiger partial charge on any atom is 0.155 e. The van der Waals surface area contributed by atoms with Crippen LogP contribution in [0.3, 0.4) is 0 Å². The van der Waals surface area contributed by atoms with Crippen molar-refractivity contribution >= 4 is 30.5 Å². The molecule has 3 nitrogen and oxygen atoms in total. The second kappa shape index (κ2) is 3.19. The third-order valence-electron chi connectivity index (χ3n) is 1.11. The lowest BCUT2D eigenvalue weighted by Crippen LogP contribution is -1.95. The van der Waals surface area contributed by atoms with E-state index in [1.54, 1.807) is 6.92 Å². The molecule has 0 saturated heterocycles. The minimum absolute atomic E-state index is 0.150. The lowest BCUT2D eigenvalue weighted by molar-refractivity contribution is 0.112. The Labute approximate surface area is 74.2 Å². The normalized spacial score (nSPS) is 9.73. The highest BCUT2D eigenvalue weighted by Crippen LogP contribution is 2.16. The first-order valence-corrected chi connectivity index (χ1v) is 3.66. The summed E-state index contributed by atoms with van der Waals surface area (Å²) in [6, 6.07) is 0. The van der Waals surface area contributed by atoms with Crippen molar-refractivity contribution in [1.29, 1.82) is 0 Å². The second-order valence-electron chi connectivity index (χ2n) is 1.92. The first-order chi connectivity index (χ1) is 5.15. The number of rotatable bonds is 1. The monoisotopic (exact) mass is 188 g/mol. The van der Waals surface area contributed by atoms with Crippen LogP contribution in [0.25, 0.3) is 0 Å². The molecule has 0 spiro atoms. The van der Waals surface area contributed by atoms with Gasteiger partial charge in [-0.05, 0) is 6.92 Å². The molecule has 0 radical (unpaired) electrons. The molecule has 1 aromatic rings. The highest BCUT2D eigenvalue weighted by atomic mass is 35.5. The van der Waals surface area contributed by atoms with Crippen LogP contribution in [0.2, 0.25) is 5.15 Å². The van der Waals surface area contributed by atoms with Gasteiger partial charge in [0.05, 0.1) is 5.56 Å². The van der Waals surface area contributed by atoms with Gasteiger partial charge in [0.1, 0.15) is 16.0 Å². The van der Waals surface area contributed by atoms with Crippen molar-refractivity contribution in [1.82, 2.24) is 9.97 Å². The predicted octanol–water partition coefficient (Wildman–Crippen LogP) is 1.54. The molecular weight excluding hydrogens is 184 g/mol. The largest absolute Gasteiger partial charge is 0.298 e. The van der Waals surface area contributed by atoms with Gasteiger partial charge in [-0.3, -0.25) is 4.79 Å². The molecule has 11 heavy (non-hydrogen) atoms. The van der Waals surface area contributed by atoms with Gasteiger partial charge in [-0.2, -0.15) is 0 Å². The Morgan fingerprint density at radius 3 is 2.64 bits per heavy atom. The third kappa shape index (κ3) is 1.70. The summed E-state index contributed by atoms with van der Waals surface area (Å²) >= 11 is 9.55. The van der Waals surface area contributed by atoms with Gasteiger partial charge in [-0.25, -0.2) is 9.97 Å². The van der Waals surface area contributed by atoms with E-state index in [1.165, 1.54) is 0 Å². The zero-order valence-electron chi connectivity index (χ0n) is 5.71. The molecule has 0 amide bonds. The lowest BCUT2D eigenvalue weighted by atomic mass is 10.4. The molecule has 5 heteroatoms. The fourth-order valence-corrected chi connectivity index (χ4v) is 1.26. The highest BCUT2D eigenvalue weighted by molar-refractivity contribution is 7.80.